The summed E-state index contributed by atoms with van der Waals surface area (Å²) in [4.78, 5) is 32.3. The molecule has 3 unspecified atom stereocenters. The number of hydrogen-bond acceptors (Lipinski definition) is 6. The largest absolute Gasteiger partial charge is 0.438 e. The minimum Gasteiger partial charge on any atom is -0.438 e. The first-order valence-corrected chi connectivity index (χ1v) is 10.1. The molecule has 2 amide bonds. The van der Waals surface area contributed by atoms with Crippen molar-refractivity contribution >= 4 is 22.9 Å². The molecule has 0 bridgehead atoms. The standard InChI is InChI=1S/C21H28N4O4/c1-12(22-4)18(26)23-14-9-10-28-16-11-21(2,3)17(25(16)20(14)27)19-24-13-7-5-6-8-15(13)29-19/h5-8,12,14,16-17,22H,9-11H2,1-4H3,(H,23,26)/t12-,14?,16?,17?/m0/s1. The minimum absolute atomic E-state index is 0.151. The van der Waals surface area contributed by atoms with Crippen molar-refractivity contribution in [2.45, 2.75) is 58.0 Å². The molecular formula is C21H28N4O4. The van der Waals surface area contributed by atoms with Gasteiger partial charge in [0.05, 0.1) is 12.6 Å². The molecule has 2 aromatic rings. The summed E-state index contributed by atoms with van der Waals surface area (Å²) >= 11 is 0. The van der Waals surface area contributed by atoms with Crippen LogP contribution in [0.5, 0.6) is 0 Å². The van der Waals surface area contributed by atoms with Gasteiger partial charge in [0.1, 0.15) is 23.8 Å². The lowest BCUT2D eigenvalue weighted by atomic mass is 9.84. The average Bonchev–Trinajstić information content (AvgIpc) is 3.18. The maximum atomic E-state index is 13.5. The van der Waals surface area contributed by atoms with Crippen LogP contribution in [0.2, 0.25) is 0 Å². The van der Waals surface area contributed by atoms with E-state index in [1.54, 1.807) is 18.9 Å². The summed E-state index contributed by atoms with van der Waals surface area (Å²) in [7, 11) is 1.71. The van der Waals surface area contributed by atoms with Crippen molar-refractivity contribution in [3.63, 3.8) is 0 Å². The zero-order valence-electron chi connectivity index (χ0n) is 17.3. The smallest absolute Gasteiger partial charge is 0.247 e. The fourth-order valence-electron chi connectivity index (χ4n) is 4.26. The molecule has 8 nitrogen and oxygen atoms in total. The van der Waals surface area contributed by atoms with Crippen molar-refractivity contribution in [2.24, 2.45) is 5.41 Å². The third-order valence-electron chi connectivity index (χ3n) is 5.99. The number of nitrogens with one attached hydrogen (secondary N) is 2. The lowest BCUT2D eigenvalue weighted by Gasteiger charge is -2.32. The molecule has 0 aliphatic carbocycles. The summed E-state index contributed by atoms with van der Waals surface area (Å²) in [5, 5.41) is 5.77. The monoisotopic (exact) mass is 400 g/mol. The van der Waals surface area contributed by atoms with E-state index in [2.05, 4.69) is 29.5 Å². The van der Waals surface area contributed by atoms with Gasteiger partial charge in [-0.1, -0.05) is 26.0 Å². The Morgan fingerprint density at radius 1 is 1.34 bits per heavy atom. The van der Waals surface area contributed by atoms with Gasteiger partial charge >= 0.3 is 0 Å². The van der Waals surface area contributed by atoms with Crippen LogP contribution >= 0.6 is 0 Å². The summed E-state index contributed by atoms with van der Waals surface area (Å²) in [6.07, 6.45) is 0.755. The highest BCUT2D eigenvalue weighted by Gasteiger charge is 2.54. The molecule has 4 rings (SSSR count). The third-order valence-corrected chi connectivity index (χ3v) is 5.99. The van der Waals surface area contributed by atoms with Crippen LogP contribution < -0.4 is 10.6 Å². The molecule has 4 atom stereocenters. The molecule has 156 valence electrons. The Balaban J connectivity index is 1.68. The van der Waals surface area contributed by atoms with Crippen molar-refractivity contribution in [2.75, 3.05) is 13.7 Å². The molecule has 2 aliphatic heterocycles. The van der Waals surface area contributed by atoms with E-state index in [0.717, 1.165) is 5.52 Å². The molecular weight excluding hydrogens is 372 g/mol. The van der Waals surface area contributed by atoms with Gasteiger partial charge in [0.2, 0.25) is 17.7 Å². The molecule has 2 fully saturated rings. The van der Waals surface area contributed by atoms with E-state index in [-0.39, 0.29) is 35.5 Å². The minimum atomic E-state index is -0.635. The highest BCUT2D eigenvalue weighted by Crippen LogP contribution is 2.51. The average molecular weight is 400 g/mol. The van der Waals surface area contributed by atoms with E-state index < -0.39 is 6.04 Å². The second-order valence-electron chi connectivity index (χ2n) is 8.55. The molecule has 0 radical (unpaired) electrons. The lowest BCUT2D eigenvalue weighted by molar-refractivity contribution is -0.145. The second-order valence-corrected chi connectivity index (χ2v) is 8.55. The van der Waals surface area contributed by atoms with Gasteiger partial charge in [-0.3, -0.25) is 9.59 Å². The number of likely N-dealkylation sites (N-methyl/N-ethyl adjacent to an activating group) is 1. The van der Waals surface area contributed by atoms with E-state index in [9.17, 15) is 9.59 Å². The number of para-hydroxylation sites is 2. The maximum Gasteiger partial charge on any atom is 0.247 e. The number of hydrogen-bond donors (Lipinski definition) is 2. The zero-order chi connectivity index (χ0) is 20.8. The molecule has 1 aromatic carbocycles. The van der Waals surface area contributed by atoms with Gasteiger partial charge in [0.15, 0.2) is 5.58 Å². The summed E-state index contributed by atoms with van der Waals surface area (Å²) in [6, 6.07) is 6.18. The number of oxazole rings is 1. The number of carbonyl (C=O) groups excluding carboxylic acids is 2. The van der Waals surface area contributed by atoms with E-state index in [1.165, 1.54) is 0 Å². The van der Waals surface area contributed by atoms with Gasteiger partial charge in [-0.2, -0.15) is 0 Å². The van der Waals surface area contributed by atoms with Gasteiger partial charge in [0.25, 0.3) is 0 Å². The van der Waals surface area contributed by atoms with E-state index >= 15 is 0 Å². The van der Waals surface area contributed by atoms with Gasteiger partial charge < -0.3 is 24.7 Å². The Morgan fingerprint density at radius 3 is 2.83 bits per heavy atom. The number of fused-ring (bicyclic) bond motifs is 2. The first-order chi connectivity index (χ1) is 13.8. The molecule has 2 N–H and O–H groups in total. The van der Waals surface area contributed by atoms with Crippen LogP contribution in [0.4, 0.5) is 0 Å². The quantitative estimate of drug-likeness (QED) is 0.815. The third kappa shape index (κ3) is 3.51. The van der Waals surface area contributed by atoms with Crippen LogP contribution in [0, 0.1) is 5.41 Å². The maximum absolute atomic E-state index is 13.5. The number of carbonyl (C=O) groups is 2. The summed E-state index contributed by atoms with van der Waals surface area (Å²) in [5.74, 6) is 0.148. The summed E-state index contributed by atoms with van der Waals surface area (Å²) in [5.41, 5.74) is 1.17. The van der Waals surface area contributed by atoms with Crippen molar-refractivity contribution in [1.29, 1.82) is 0 Å². The Kier molecular flexibility index (Phi) is 5.08. The Hall–Kier alpha value is -2.45. The van der Waals surface area contributed by atoms with E-state index in [4.69, 9.17) is 9.15 Å². The highest BCUT2D eigenvalue weighted by atomic mass is 16.5. The van der Waals surface area contributed by atoms with Crippen LogP contribution in [0.1, 0.15) is 45.5 Å². The molecule has 29 heavy (non-hydrogen) atoms. The van der Waals surface area contributed by atoms with Gasteiger partial charge in [-0.05, 0) is 37.9 Å². The first-order valence-electron chi connectivity index (χ1n) is 10.1. The predicted molar refractivity (Wildman–Crippen MR) is 107 cm³/mol. The van der Waals surface area contributed by atoms with Crippen molar-refractivity contribution < 1.29 is 18.7 Å². The van der Waals surface area contributed by atoms with Crippen molar-refractivity contribution in [3.8, 4) is 0 Å². The molecule has 1 aromatic heterocycles. The van der Waals surface area contributed by atoms with E-state index in [1.807, 2.05) is 24.3 Å². The van der Waals surface area contributed by atoms with Gasteiger partial charge in [0, 0.05) is 6.42 Å². The topological polar surface area (TPSA) is 96.7 Å². The Bertz CT molecular complexity index is 891. The Labute approximate surface area is 170 Å². The highest BCUT2D eigenvalue weighted by molar-refractivity contribution is 5.90. The fourth-order valence-corrected chi connectivity index (χ4v) is 4.26. The number of rotatable bonds is 4. The zero-order valence-corrected chi connectivity index (χ0v) is 17.3. The molecule has 2 saturated heterocycles. The van der Waals surface area contributed by atoms with Crippen molar-refractivity contribution in [1.82, 2.24) is 20.5 Å². The molecule has 0 spiro atoms. The van der Waals surface area contributed by atoms with Crippen LogP contribution in [0.25, 0.3) is 11.1 Å². The number of aromatic nitrogens is 1. The number of ether oxygens (including phenoxy) is 1. The van der Waals surface area contributed by atoms with E-state index in [0.29, 0.717) is 30.9 Å². The first kappa shape index (κ1) is 19.8. The number of nitrogens with zero attached hydrogens (tertiary/aromatic N) is 2. The predicted octanol–water partition coefficient (Wildman–Crippen LogP) is 1.97. The summed E-state index contributed by atoms with van der Waals surface area (Å²) < 4.78 is 12.1. The van der Waals surface area contributed by atoms with Crippen LogP contribution in [0.3, 0.4) is 0 Å². The fraction of sp³-hybridized carbons (Fsp3) is 0.571. The second kappa shape index (κ2) is 7.42. The van der Waals surface area contributed by atoms with Crippen LogP contribution in [-0.2, 0) is 14.3 Å². The molecule has 0 saturated carbocycles. The summed E-state index contributed by atoms with van der Waals surface area (Å²) in [6.45, 7) is 6.35. The molecule has 2 aliphatic rings. The number of benzene rings is 1. The molecule has 8 heteroatoms. The Morgan fingerprint density at radius 2 is 2.10 bits per heavy atom. The molecule has 3 heterocycles. The lowest BCUT2D eigenvalue weighted by Crippen LogP contribution is -2.53. The van der Waals surface area contributed by atoms with Gasteiger partial charge in [-0.15, -0.1) is 0 Å². The number of amides is 2. The SMILES string of the molecule is CN[C@@H](C)C(=O)NC1CCOC2CC(C)(C)C(c3nc4ccccc4o3)N2C1=O. The van der Waals surface area contributed by atoms with Crippen LogP contribution in [0.15, 0.2) is 28.7 Å². The van der Waals surface area contributed by atoms with Crippen molar-refractivity contribution in [3.05, 3.63) is 30.2 Å². The van der Waals surface area contributed by atoms with Crippen LogP contribution in [-0.4, -0.2) is 53.7 Å². The normalized spacial score (nSPS) is 27.5. The van der Waals surface area contributed by atoms with Gasteiger partial charge in [-0.25, -0.2) is 4.98 Å².